The van der Waals surface area contributed by atoms with Crippen molar-refractivity contribution in [1.29, 1.82) is 0 Å². The molecule has 1 aromatic heterocycles. The van der Waals surface area contributed by atoms with Gasteiger partial charge in [-0.05, 0) is 24.3 Å². The first-order valence-corrected chi connectivity index (χ1v) is 6.69. The summed E-state index contributed by atoms with van der Waals surface area (Å²) in [5, 5.41) is 8.22. The number of nitrogens with zero attached hydrogens (tertiary/aromatic N) is 3. The van der Waals surface area contributed by atoms with Gasteiger partial charge < -0.3 is 4.74 Å². The normalized spacial score (nSPS) is 10.6. The number of Topliss-reactive ketones (excluding diaryl/α,β-unsaturated/α-hetero) is 1. The van der Waals surface area contributed by atoms with Crippen LogP contribution in [0.15, 0.2) is 53.3 Å². The molecule has 0 aliphatic rings. The van der Waals surface area contributed by atoms with Gasteiger partial charge in [0.25, 0.3) is 5.56 Å². The van der Waals surface area contributed by atoms with Gasteiger partial charge in [0.1, 0.15) is 17.8 Å². The smallest absolute Gasteiger partial charge is 0.278 e. The molecular weight excluding hydrogens is 282 g/mol. The Morgan fingerprint density at radius 3 is 2.68 bits per heavy atom. The summed E-state index contributed by atoms with van der Waals surface area (Å²) in [6, 6.07) is 13.8. The summed E-state index contributed by atoms with van der Waals surface area (Å²) in [4.78, 5) is 24.7. The number of carbonyl (C=O) groups excluding carboxylic acids is 1. The number of hydrogen-bond acceptors (Lipinski definition) is 5. The molecule has 0 fully saturated rings. The first kappa shape index (κ1) is 13.9. The molecule has 3 aromatic rings. The minimum atomic E-state index is -0.339. The molecule has 6 heteroatoms. The molecule has 2 aromatic carbocycles. The Balaban J connectivity index is 1.98. The third-order valence-corrected chi connectivity index (χ3v) is 3.33. The molecule has 22 heavy (non-hydrogen) atoms. The van der Waals surface area contributed by atoms with Gasteiger partial charge in [-0.3, -0.25) is 9.59 Å². The Labute approximate surface area is 126 Å². The average molecular weight is 295 g/mol. The van der Waals surface area contributed by atoms with Crippen molar-refractivity contribution in [2.75, 3.05) is 7.11 Å². The Hall–Kier alpha value is -3.02. The molecular formula is C16H13N3O3. The lowest BCUT2D eigenvalue weighted by molar-refractivity contribution is 0.0961. The molecule has 3 rings (SSSR count). The molecule has 0 N–H and O–H groups in total. The summed E-state index contributed by atoms with van der Waals surface area (Å²) in [5.74, 6) is 0.207. The topological polar surface area (TPSA) is 74.1 Å². The van der Waals surface area contributed by atoms with Crippen molar-refractivity contribution < 1.29 is 9.53 Å². The zero-order valence-electron chi connectivity index (χ0n) is 11.9. The minimum Gasteiger partial charge on any atom is -0.496 e. The van der Waals surface area contributed by atoms with Gasteiger partial charge in [-0.2, -0.15) is 0 Å². The van der Waals surface area contributed by atoms with E-state index in [2.05, 4.69) is 10.3 Å². The fourth-order valence-electron chi connectivity index (χ4n) is 2.22. The quantitative estimate of drug-likeness (QED) is 0.685. The number of para-hydroxylation sites is 1. The summed E-state index contributed by atoms with van der Waals surface area (Å²) in [6.07, 6.45) is 0. The van der Waals surface area contributed by atoms with Crippen LogP contribution in [0.1, 0.15) is 10.4 Å². The van der Waals surface area contributed by atoms with Crippen LogP contribution in [-0.2, 0) is 6.54 Å². The van der Waals surface area contributed by atoms with Crippen molar-refractivity contribution in [1.82, 2.24) is 15.0 Å². The molecule has 0 aliphatic heterocycles. The van der Waals surface area contributed by atoms with E-state index in [1.54, 1.807) is 48.5 Å². The number of ketones is 1. The van der Waals surface area contributed by atoms with E-state index in [-0.39, 0.29) is 17.9 Å². The first-order valence-electron chi connectivity index (χ1n) is 6.69. The highest BCUT2D eigenvalue weighted by Gasteiger charge is 2.14. The Bertz CT molecular complexity index is 902. The molecule has 0 amide bonds. The molecule has 0 spiro atoms. The highest BCUT2D eigenvalue weighted by atomic mass is 16.5. The van der Waals surface area contributed by atoms with E-state index in [1.807, 2.05) is 0 Å². The minimum absolute atomic E-state index is 0.183. The van der Waals surface area contributed by atoms with Crippen molar-refractivity contribution in [3.8, 4) is 5.75 Å². The molecule has 0 aliphatic carbocycles. The second-order valence-electron chi connectivity index (χ2n) is 4.69. The molecule has 0 saturated heterocycles. The van der Waals surface area contributed by atoms with Crippen LogP contribution in [0.5, 0.6) is 5.75 Å². The zero-order chi connectivity index (χ0) is 15.5. The van der Waals surface area contributed by atoms with Gasteiger partial charge in [-0.15, -0.1) is 5.10 Å². The molecule has 0 atom stereocenters. The standard InChI is InChI=1S/C16H13N3O3/c1-22-15-9-5-3-7-12(15)14(20)10-19-16(21)11-6-2-4-8-13(11)17-18-19/h2-9H,10H2,1H3. The van der Waals surface area contributed by atoms with Gasteiger partial charge in [-0.1, -0.05) is 29.5 Å². The van der Waals surface area contributed by atoms with Crippen LogP contribution >= 0.6 is 0 Å². The fraction of sp³-hybridized carbons (Fsp3) is 0.125. The van der Waals surface area contributed by atoms with Gasteiger partial charge in [0.05, 0.1) is 18.1 Å². The van der Waals surface area contributed by atoms with Crippen LogP contribution < -0.4 is 10.3 Å². The van der Waals surface area contributed by atoms with E-state index in [0.29, 0.717) is 22.2 Å². The van der Waals surface area contributed by atoms with Crippen molar-refractivity contribution >= 4 is 16.7 Å². The average Bonchev–Trinajstić information content (AvgIpc) is 2.57. The largest absolute Gasteiger partial charge is 0.496 e. The summed E-state index contributed by atoms with van der Waals surface area (Å²) in [6.45, 7) is -0.183. The molecule has 0 bridgehead atoms. The number of benzene rings is 2. The van der Waals surface area contributed by atoms with E-state index >= 15 is 0 Å². The number of ether oxygens (including phenoxy) is 1. The molecule has 0 saturated carbocycles. The number of rotatable bonds is 4. The maximum absolute atomic E-state index is 12.4. The number of fused-ring (bicyclic) bond motifs is 1. The Morgan fingerprint density at radius 2 is 1.86 bits per heavy atom. The maximum Gasteiger partial charge on any atom is 0.278 e. The lowest BCUT2D eigenvalue weighted by Crippen LogP contribution is -2.28. The monoisotopic (exact) mass is 295 g/mol. The zero-order valence-corrected chi connectivity index (χ0v) is 11.9. The van der Waals surface area contributed by atoms with Gasteiger partial charge in [0.15, 0.2) is 5.78 Å². The van der Waals surface area contributed by atoms with Crippen molar-refractivity contribution in [3.63, 3.8) is 0 Å². The maximum atomic E-state index is 12.4. The highest BCUT2D eigenvalue weighted by Crippen LogP contribution is 2.18. The van der Waals surface area contributed by atoms with Crippen molar-refractivity contribution in [2.45, 2.75) is 6.54 Å². The van der Waals surface area contributed by atoms with E-state index in [0.717, 1.165) is 4.68 Å². The van der Waals surface area contributed by atoms with Gasteiger partial charge in [-0.25, -0.2) is 4.68 Å². The van der Waals surface area contributed by atoms with E-state index in [4.69, 9.17) is 4.74 Å². The van der Waals surface area contributed by atoms with Crippen LogP contribution in [0, 0.1) is 0 Å². The summed E-state index contributed by atoms with van der Waals surface area (Å²) >= 11 is 0. The van der Waals surface area contributed by atoms with Crippen LogP contribution in [0.25, 0.3) is 10.9 Å². The number of carbonyl (C=O) groups is 1. The molecule has 1 heterocycles. The van der Waals surface area contributed by atoms with E-state index in [9.17, 15) is 9.59 Å². The van der Waals surface area contributed by atoms with Crippen LogP contribution in [0.2, 0.25) is 0 Å². The van der Waals surface area contributed by atoms with Crippen LogP contribution in [-0.4, -0.2) is 27.9 Å². The second-order valence-corrected chi connectivity index (χ2v) is 4.69. The van der Waals surface area contributed by atoms with Crippen LogP contribution in [0.4, 0.5) is 0 Å². The lowest BCUT2D eigenvalue weighted by Gasteiger charge is -2.08. The summed E-state index contributed by atoms with van der Waals surface area (Å²) < 4.78 is 6.23. The second kappa shape index (κ2) is 5.77. The predicted octanol–water partition coefficient (Wildman–Crippen LogP) is 1.68. The van der Waals surface area contributed by atoms with E-state index in [1.165, 1.54) is 7.11 Å². The summed E-state index contributed by atoms with van der Waals surface area (Å²) in [5.41, 5.74) is 0.578. The number of hydrogen-bond donors (Lipinski definition) is 0. The molecule has 0 unspecified atom stereocenters. The molecule has 0 radical (unpaired) electrons. The predicted molar refractivity (Wildman–Crippen MR) is 81.1 cm³/mol. The molecule has 110 valence electrons. The van der Waals surface area contributed by atoms with Gasteiger partial charge in [0.2, 0.25) is 0 Å². The third-order valence-electron chi connectivity index (χ3n) is 3.33. The fourth-order valence-corrected chi connectivity index (χ4v) is 2.22. The Kier molecular flexibility index (Phi) is 3.65. The Morgan fingerprint density at radius 1 is 1.14 bits per heavy atom. The number of aromatic nitrogens is 3. The van der Waals surface area contributed by atoms with E-state index < -0.39 is 0 Å². The number of methoxy groups -OCH3 is 1. The highest BCUT2D eigenvalue weighted by molar-refractivity contribution is 5.98. The lowest BCUT2D eigenvalue weighted by atomic mass is 10.1. The van der Waals surface area contributed by atoms with Crippen molar-refractivity contribution in [2.24, 2.45) is 0 Å². The first-order chi connectivity index (χ1) is 10.7. The summed E-state index contributed by atoms with van der Waals surface area (Å²) in [7, 11) is 1.49. The molecule has 6 nitrogen and oxygen atoms in total. The SMILES string of the molecule is COc1ccccc1C(=O)Cn1nnc2ccccc2c1=O. The van der Waals surface area contributed by atoms with Gasteiger partial charge >= 0.3 is 0 Å². The van der Waals surface area contributed by atoms with Crippen molar-refractivity contribution in [3.05, 3.63) is 64.4 Å². The third kappa shape index (κ3) is 2.46. The van der Waals surface area contributed by atoms with Gasteiger partial charge in [0, 0.05) is 0 Å². The van der Waals surface area contributed by atoms with Crippen LogP contribution in [0.3, 0.4) is 0 Å².